The van der Waals surface area contributed by atoms with Crippen molar-refractivity contribution in [2.45, 2.75) is 39.1 Å². The first-order valence-electron chi connectivity index (χ1n) is 7.91. The van der Waals surface area contributed by atoms with Gasteiger partial charge in [-0.3, -0.25) is 0 Å². The number of benzene rings is 1. The predicted molar refractivity (Wildman–Crippen MR) is 96.5 cm³/mol. The maximum Gasteiger partial charge on any atom is 0.0410 e. The molecule has 0 fully saturated rings. The van der Waals surface area contributed by atoms with Crippen molar-refractivity contribution in [3.63, 3.8) is 0 Å². The van der Waals surface area contributed by atoms with Crippen molar-refractivity contribution in [2.24, 2.45) is 5.92 Å². The fraction of sp³-hybridized carbons (Fsp3) is 0.647. The van der Waals surface area contributed by atoms with Crippen molar-refractivity contribution < 1.29 is 0 Å². The zero-order chi connectivity index (χ0) is 15.7. The Labute approximate surface area is 139 Å². The van der Waals surface area contributed by atoms with Crippen LogP contribution >= 0.6 is 23.4 Å². The fourth-order valence-corrected chi connectivity index (χ4v) is 3.39. The number of halogens is 1. The molecule has 4 heteroatoms. The molecule has 0 aliphatic carbocycles. The molecule has 0 atom stereocenters. The molecule has 1 N–H and O–H groups in total. The highest BCUT2D eigenvalue weighted by Gasteiger charge is 2.06. The summed E-state index contributed by atoms with van der Waals surface area (Å²) in [7, 11) is 0. The molecule has 0 aliphatic rings. The SMILES string of the molecule is CCN(CC)CCSc1ccc(Cl)cc1CNCC(C)C. The smallest absolute Gasteiger partial charge is 0.0410 e. The first-order chi connectivity index (χ1) is 10.1. The van der Waals surface area contributed by atoms with Crippen LogP contribution in [0.4, 0.5) is 0 Å². The number of nitrogens with one attached hydrogen (secondary N) is 1. The van der Waals surface area contributed by atoms with Crippen LogP contribution in [0.25, 0.3) is 0 Å². The largest absolute Gasteiger partial charge is 0.312 e. The first kappa shape index (κ1) is 18.8. The minimum absolute atomic E-state index is 0.669. The van der Waals surface area contributed by atoms with E-state index in [0.717, 1.165) is 43.5 Å². The topological polar surface area (TPSA) is 15.3 Å². The molecule has 0 aromatic heterocycles. The van der Waals surface area contributed by atoms with E-state index in [9.17, 15) is 0 Å². The Morgan fingerprint density at radius 1 is 1.24 bits per heavy atom. The molecule has 1 aromatic rings. The van der Waals surface area contributed by atoms with E-state index < -0.39 is 0 Å². The molecule has 2 nitrogen and oxygen atoms in total. The molecule has 0 amide bonds. The van der Waals surface area contributed by atoms with Crippen molar-refractivity contribution in [3.05, 3.63) is 28.8 Å². The molecule has 120 valence electrons. The average Bonchev–Trinajstić information content (AvgIpc) is 2.45. The molecule has 0 aliphatic heterocycles. The summed E-state index contributed by atoms with van der Waals surface area (Å²) < 4.78 is 0. The van der Waals surface area contributed by atoms with Gasteiger partial charge in [-0.15, -0.1) is 11.8 Å². The molecular weight excluding hydrogens is 300 g/mol. The zero-order valence-electron chi connectivity index (χ0n) is 13.8. The van der Waals surface area contributed by atoms with E-state index in [4.69, 9.17) is 11.6 Å². The molecule has 0 spiro atoms. The summed E-state index contributed by atoms with van der Waals surface area (Å²) in [5.41, 5.74) is 1.31. The summed E-state index contributed by atoms with van der Waals surface area (Å²) in [4.78, 5) is 3.81. The molecule has 0 saturated carbocycles. The van der Waals surface area contributed by atoms with E-state index >= 15 is 0 Å². The van der Waals surface area contributed by atoms with Gasteiger partial charge in [0.1, 0.15) is 0 Å². The second kappa shape index (κ2) is 10.5. The Kier molecular flexibility index (Phi) is 9.41. The van der Waals surface area contributed by atoms with Crippen LogP contribution in [0.3, 0.4) is 0 Å². The van der Waals surface area contributed by atoms with Crippen molar-refractivity contribution in [1.82, 2.24) is 10.2 Å². The third kappa shape index (κ3) is 7.55. The van der Waals surface area contributed by atoms with E-state index in [-0.39, 0.29) is 0 Å². The average molecular weight is 329 g/mol. The van der Waals surface area contributed by atoms with Gasteiger partial charge in [-0.1, -0.05) is 39.3 Å². The van der Waals surface area contributed by atoms with E-state index in [0.29, 0.717) is 5.92 Å². The summed E-state index contributed by atoms with van der Waals surface area (Å²) in [6.45, 7) is 14.2. The number of nitrogens with zero attached hydrogens (tertiary/aromatic N) is 1. The van der Waals surface area contributed by atoms with Crippen molar-refractivity contribution in [2.75, 3.05) is 31.9 Å². The van der Waals surface area contributed by atoms with Crippen molar-refractivity contribution in [3.8, 4) is 0 Å². The second-order valence-corrected chi connectivity index (χ2v) is 7.23. The number of hydrogen-bond donors (Lipinski definition) is 1. The third-order valence-corrected chi connectivity index (χ3v) is 4.78. The summed E-state index contributed by atoms with van der Waals surface area (Å²) in [6, 6.07) is 6.24. The lowest BCUT2D eigenvalue weighted by Crippen LogP contribution is -2.25. The summed E-state index contributed by atoms with van der Waals surface area (Å²) in [5.74, 6) is 1.79. The van der Waals surface area contributed by atoms with Gasteiger partial charge in [0.2, 0.25) is 0 Å². The lowest BCUT2D eigenvalue weighted by atomic mass is 10.2. The van der Waals surface area contributed by atoms with Crippen molar-refractivity contribution in [1.29, 1.82) is 0 Å². The van der Waals surface area contributed by atoms with Crippen LogP contribution in [0, 0.1) is 5.92 Å². The quantitative estimate of drug-likeness (QED) is 0.636. The maximum absolute atomic E-state index is 6.14. The van der Waals surface area contributed by atoms with Gasteiger partial charge in [-0.2, -0.15) is 0 Å². The highest BCUT2D eigenvalue weighted by Crippen LogP contribution is 2.26. The van der Waals surface area contributed by atoms with Crippen LogP contribution in [0.5, 0.6) is 0 Å². The fourth-order valence-electron chi connectivity index (χ4n) is 2.15. The van der Waals surface area contributed by atoms with Crippen LogP contribution in [-0.2, 0) is 6.54 Å². The summed E-state index contributed by atoms with van der Waals surface area (Å²) >= 11 is 8.08. The lowest BCUT2D eigenvalue weighted by Gasteiger charge is -2.18. The van der Waals surface area contributed by atoms with Gasteiger partial charge in [-0.05, 0) is 49.3 Å². The van der Waals surface area contributed by atoms with Gasteiger partial charge in [0.05, 0.1) is 0 Å². The van der Waals surface area contributed by atoms with Gasteiger partial charge in [0, 0.05) is 28.8 Å². The van der Waals surface area contributed by atoms with Gasteiger partial charge in [0.15, 0.2) is 0 Å². The molecule has 0 saturated heterocycles. The second-order valence-electron chi connectivity index (χ2n) is 5.65. The van der Waals surface area contributed by atoms with Crippen LogP contribution in [0.1, 0.15) is 33.3 Å². The Morgan fingerprint density at radius 2 is 1.95 bits per heavy atom. The molecule has 0 heterocycles. The Morgan fingerprint density at radius 3 is 2.57 bits per heavy atom. The van der Waals surface area contributed by atoms with Crippen LogP contribution in [0.15, 0.2) is 23.1 Å². The molecule has 0 radical (unpaired) electrons. The van der Waals surface area contributed by atoms with Crippen molar-refractivity contribution >= 4 is 23.4 Å². The highest BCUT2D eigenvalue weighted by molar-refractivity contribution is 7.99. The summed E-state index contributed by atoms with van der Waals surface area (Å²) in [6.07, 6.45) is 0. The number of hydrogen-bond acceptors (Lipinski definition) is 3. The minimum Gasteiger partial charge on any atom is -0.312 e. The van der Waals surface area contributed by atoms with Gasteiger partial charge < -0.3 is 10.2 Å². The standard InChI is InChI=1S/C17H29ClN2S/c1-5-20(6-2)9-10-21-17-8-7-16(18)11-15(17)13-19-12-14(3)4/h7-8,11,14,19H,5-6,9-10,12-13H2,1-4H3. The third-order valence-electron chi connectivity index (χ3n) is 3.45. The van der Waals surface area contributed by atoms with Gasteiger partial charge in [0.25, 0.3) is 0 Å². The number of thioether (sulfide) groups is 1. The lowest BCUT2D eigenvalue weighted by molar-refractivity contribution is 0.324. The maximum atomic E-state index is 6.14. The molecule has 21 heavy (non-hydrogen) atoms. The van der Waals surface area contributed by atoms with Crippen LogP contribution in [0.2, 0.25) is 5.02 Å². The minimum atomic E-state index is 0.669. The Balaban J connectivity index is 2.55. The van der Waals surface area contributed by atoms with Gasteiger partial charge >= 0.3 is 0 Å². The molecule has 1 rings (SSSR count). The normalized spacial score (nSPS) is 11.6. The first-order valence-corrected chi connectivity index (χ1v) is 9.27. The van der Waals surface area contributed by atoms with E-state index in [1.54, 1.807) is 0 Å². The highest BCUT2D eigenvalue weighted by atomic mass is 35.5. The molecule has 0 bridgehead atoms. The van der Waals surface area contributed by atoms with Crippen LogP contribution < -0.4 is 5.32 Å². The molecule has 1 aromatic carbocycles. The monoisotopic (exact) mass is 328 g/mol. The zero-order valence-corrected chi connectivity index (χ0v) is 15.4. The van der Waals surface area contributed by atoms with E-state index in [2.05, 4.69) is 50.0 Å². The Bertz CT molecular complexity index is 406. The van der Waals surface area contributed by atoms with Gasteiger partial charge in [-0.25, -0.2) is 0 Å². The summed E-state index contributed by atoms with van der Waals surface area (Å²) in [5, 5.41) is 4.33. The van der Waals surface area contributed by atoms with E-state index in [1.165, 1.54) is 10.5 Å². The predicted octanol–water partition coefficient (Wildman–Crippen LogP) is 4.52. The Hall–Kier alpha value is -0.220. The van der Waals surface area contributed by atoms with E-state index in [1.807, 2.05) is 17.8 Å². The molecular formula is C17H29ClN2S. The van der Waals surface area contributed by atoms with Crippen LogP contribution in [-0.4, -0.2) is 36.8 Å². The molecule has 0 unspecified atom stereocenters. The number of rotatable bonds is 10.